The molecule has 1 aliphatic heterocycles. The zero-order chi connectivity index (χ0) is 27.4. The molecule has 1 amide bonds. The van der Waals surface area contributed by atoms with E-state index in [4.69, 9.17) is 11.6 Å². The molecular formula is C30H25ClFN3O3S. The molecular weight excluding hydrogens is 537 g/mol. The topological polar surface area (TPSA) is 66.7 Å². The third-order valence-electron chi connectivity index (χ3n) is 6.71. The number of nitro benzene ring substituents is 1. The number of carbonyl (C=O) groups excluding carboxylic acids is 1. The van der Waals surface area contributed by atoms with Crippen molar-refractivity contribution in [2.45, 2.75) is 15.8 Å². The molecule has 4 aromatic rings. The van der Waals surface area contributed by atoms with Crippen molar-refractivity contribution in [3.63, 3.8) is 0 Å². The first-order chi connectivity index (χ1) is 18.9. The van der Waals surface area contributed by atoms with Gasteiger partial charge < -0.3 is 4.90 Å². The van der Waals surface area contributed by atoms with Gasteiger partial charge in [0.15, 0.2) is 0 Å². The van der Waals surface area contributed by atoms with Gasteiger partial charge in [0, 0.05) is 47.7 Å². The van der Waals surface area contributed by atoms with Crippen molar-refractivity contribution in [3.05, 3.63) is 135 Å². The Kier molecular flexibility index (Phi) is 8.26. The van der Waals surface area contributed by atoms with Gasteiger partial charge in [0.25, 0.3) is 11.6 Å². The van der Waals surface area contributed by atoms with Crippen molar-refractivity contribution in [2.75, 3.05) is 26.2 Å². The first-order valence-corrected chi connectivity index (χ1v) is 13.6. The summed E-state index contributed by atoms with van der Waals surface area (Å²) in [5.74, 6) is -0.614. The maximum Gasteiger partial charge on any atom is 0.284 e. The lowest BCUT2D eigenvalue weighted by molar-refractivity contribution is -0.387. The smallest absolute Gasteiger partial charge is 0.284 e. The van der Waals surface area contributed by atoms with Crippen LogP contribution in [0.3, 0.4) is 0 Å². The summed E-state index contributed by atoms with van der Waals surface area (Å²) < 4.78 is 13.2. The van der Waals surface area contributed by atoms with Crippen LogP contribution >= 0.6 is 23.4 Å². The molecule has 5 rings (SSSR count). The van der Waals surface area contributed by atoms with E-state index in [0.29, 0.717) is 41.0 Å². The lowest BCUT2D eigenvalue weighted by Crippen LogP contribution is -2.49. The molecule has 1 heterocycles. The summed E-state index contributed by atoms with van der Waals surface area (Å²) in [5, 5.41) is 12.5. The lowest BCUT2D eigenvalue weighted by atomic mass is 9.96. The number of rotatable bonds is 7. The van der Waals surface area contributed by atoms with Crippen LogP contribution in [0, 0.1) is 15.9 Å². The van der Waals surface area contributed by atoms with Crippen LogP contribution in [0.4, 0.5) is 10.1 Å². The molecule has 0 unspecified atom stereocenters. The first-order valence-electron chi connectivity index (χ1n) is 12.4. The van der Waals surface area contributed by atoms with E-state index in [-0.39, 0.29) is 29.0 Å². The van der Waals surface area contributed by atoms with Crippen LogP contribution in [-0.2, 0) is 0 Å². The summed E-state index contributed by atoms with van der Waals surface area (Å²) in [6.07, 6.45) is 0. The zero-order valence-corrected chi connectivity index (χ0v) is 22.4. The number of nitro groups is 1. The zero-order valence-electron chi connectivity index (χ0n) is 20.9. The highest BCUT2D eigenvalue weighted by Crippen LogP contribution is 2.36. The molecule has 39 heavy (non-hydrogen) atoms. The second kappa shape index (κ2) is 12.0. The van der Waals surface area contributed by atoms with Gasteiger partial charge >= 0.3 is 0 Å². The molecule has 0 aromatic heterocycles. The molecule has 198 valence electrons. The van der Waals surface area contributed by atoms with Crippen molar-refractivity contribution in [1.29, 1.82) is 0 Å². The number of amides is 1. The largest absolute Gasteiger partial charge is 0.336 e. The van der Waals surface area contributed by atoms with Gasteiger partial charge in [-0.25, -0.2) is 4.39 Å². The van der Waals surface area contributed by atoms with Gasteiger partial charge in [-0.1, -0.05) is 65.8 Å². The summed E-state index contributed by atoms with van der Waals surface area (Å²) in [6, 6.07) is 28.4. The molecule has 4 aromatic carbocycles. The average molecular weight is 562 g/mol. The second-order valence-electron chi connectivity index (χ2n) is 9.19. The molecule has 1 saturated heterocycles. The number of nitrogens with zero attached hydrogens (tertiary/aromatic N) is 3. The van der Waals surface area contributed by atoms with Gasteiger partial charge in [-0.05, 0) is 59.7 Å². The maximum atomic E-state index is 13.4. The second-order valence-corrected chi connectivity index (χ2v) is 10.7. The van der Waals surface area contributed by atoms with Crippen molar-refractivity contribution < 1.29 is 14.1 Å². The third-order valence-corrected chi connectivity index (χ3v) is 8.04. The van der Waals surface area contributed by atoms with E-state index in [9.17, 15) is 19.3 Å². The van der Waals surface area contributed by atoms with Crippen LogP contribution in [0.2, 0.25) is 5.02 Å². The fraction of sp³-hybridized carbons (Fsp3) is 0.167. The number of benzene rings is 4. The summed E-state index contributed by atoms with van der Waals surface area (Å²) in [7, 11) is 0. The summed E-state index contributed by atoms with van der Waals surface area (Å²) in [5.41, 5.74) is 2.40. The Labute approximate surface area is 235 Å². The van der Waals surface area contributed by atoms with Crippen molar-refractivity contribution in [3.8, 4) is 0 Å². The van der Waals surface area contributed by atoms with Crippen molar-refractivity contribution in [2.24, 2.45) is 0 Å². The minimum Gasteiger partial charge on any atom is -0.336 e. The Balaban J connectivity index is 1.31. The minimum absolute atomic E-state index is 0.0181. The predicted molar refractivity (Wildman–Crippen MR) is 151 cm³/mol. The van der Waals surface area contributed by atoms with E-state index < -0.39 is 4.92 Å². The molecule has 0 bridgehead atoms. The van der Waals surface area contributed by atoms with E-state index in [0.717, 1.165) is 22.9 Å². The summed E-state index contributed by atoms with van der Waals surface area (Å²) in [4.78, 5) is 29.8. The molecule has 0 aliphatic carbocycles. The van der Waals surface area contributed by atoms with E-state index in [2.05, 4.69) is 17.0 Å². The SMILES string of the molecule is O=C(c1ccc(Sc2ccc(F)cc2)c([N+](=O)[O-])c1)N1CCN([C@H](c2ccccc2)c2ccc(Cl)cc2)CC1. The average Bonchev–Trinajstić information content (AvgIpc) is 2.96. The summed E-state index contributed by atoms with van der Waals surface area (Å²) >= 11 is 7.29. The minimum atomic E-state index is -0.489. The molecule has 1 atom stereocenters. The Morgan fingerprint density at radius 3 is 2.15 bits per heavy atom. The number of piperazine rings is 1. The normalized spacial score (nSPS) is 14.7. The Morgan fingerprint density at radius 2 is 1.51 bits per heavy atom. The number of hydrogen-bond acceptors (Lipinski definition) is 5. The monoisotopic (exact) mass is 561 g/mol. The van der Waals surface area contributed by atoms with Crippen LogP contribution in [-0.4, -0.2) is 46.8 Å². The van der Waals surface area contributed by atoms with Crippen LogP contribution in [0.1, 0.15) is 27.5 Å². The van der Waals surface area contributed by atoms with E-state index in [1.54, 1.807) is 29.2 Å². The molecule has 1 aliphatic rings. The Morgan fingerprint density at radius 1 is 0.872 bits per heavy atom. The first kappa shape index (κ1) is 26.9. The number of hydrogen-bond donors (Lipinski definition) is 0. The third kappa shape index (κ3) is 6.30. The fourth-order valence-electron chi connectivity index (χ4n) is 4.77. The molecule has 6 nitrogen and oxygen atoms in total. The maximum absolute atomic E-state index is 13.4. The molecule has 0 radical (unpaired) electrons. The van der Waals surface area contributed by atoms with Gasteiger partial charge in [0.05, 0.1) is 15.9 Å². The van der Waals surface area contributed by atoms with Gasteiger partial charge in [-0.2, -0.15) is 0 Å². The molecule has 9 heteroatoms. The number of carbonyl (C=O) groups is 1. The highest BCUT2D eigenvalue weighted by Gasteiger charge is 2.29. The van der Waals surface area contributed by atoms with Gasteiger partial charge in [-0.3, -0.25) is 19.8 Å². The molecule has 0 saturated carbocycles. The van der Waals surface area contributed by atoms with Gasteiger partial charge in [-0.15, -0.1) is 0 Å². The summed E-state index contributed by atoms with van der Waals surface area (Å²) in [6.45, 7) is 2.29. The van der Waals surface area contributed by atoms with Gasteiger partial charge in [0.2, 0.25) is 0 Å². The quantitative estimate of drug-likeness (QED) is 0.178. The van der Waals surface area contributed by atoms with Crippen LogP contribution < -0.4 is 0 Å². The van der Waals surface area contributed by atoms with E-state index >= 15 is 0 Å². The highest BCUT2D eigenvalue weighted by atomic mass is 35.5. The van der Waals surface area contributed by atoms with Crippen LogP contribution in [0.25, 0.3) is 0 Å². The highest BCUT2D eigenvalue weighted by molar-refractivity contribution is 7.99. The van der Waals surface area contributed by atoms with Crippen LogP contribution in [0.15, 0.2) is 107 Å². The Hall–Kier alpha value is -3.72. The Bertz CT molecular complexity index is 1460. The standard InChI is InChI=1S/C30H25ClFN3O3S/c31-24-9-6-22(7-10-24)29(21-4-2-1-3-5-21)33-16-18-34(19-17-33)30(36)23-8-15-28(27(20-23)35(37)38)39-26-13-11-25(32)12-14-26/h1-15,20,29H,16-19H2/t29-/m1/s1. The molecule has 0 spiro atoms. The molecule has 0 N–H and O–H groups in total. The van der Waals surface area contributed by atoms with Gasteiger partial charge in [0.1, 0.15) is 5.82 Å². The van der Waals surface area contributed by atoms with E-state index in [1.807, 2.05) is 42.5 Å². The van der Waals surface area contributed by atoms with Crippen molar-refractivity contribution in [1.82, 2.24) is 9.80 Å². The fourth-order valence-corrected chi connectivity index (χ4v) is 5.80. The lowest BCUT2D eigenvalue weighted by Gasteiger charge is -2.39. The van der Waals surface area contributed by atoms with Crippen LogP contribution in [0.5, 0.6) is 0 Å². The predicted octanol–water partition coefficient (Wildman–Crippen LogP) is 7.09. The molecule has 1 fully saturated rings. The number of halogens is 2. The van der Waals surface area contributed by atoms with E-state index in [1.165, 1.54) is 18.2 Å². The van der Waals surface area contributed by atoms with Crippen molar-refractivity contribution >= 4 is 35.0 Å².